The molecule has 4 heteroatoms. The molecule has 0 aliphatic heterocycles. The molecule has 0 spiro atoms. The highest BCUT2D eigenvalue weighted by molar-refractivity contribution is 6.51. The van der Waals surface area contributed by atoms with E-state index in [-0.39, 0.29) is 0 Å². The monoisotopic (exact) mass is 277 g/mol. The number of Topliss-reactive ketones (excluding diaryl/α,β-unsaturated/α-hetero) is 1. The van der Waals surface area contributed by atoms with Crippen molar-refractivity contribution in [3.05, 3.63) is 65.2 Å². The van der Waals surface area contributed by atoms with E-state index in [2.05, 4.69) is 5.32 Å². The number of ketones is 2. The maximum absolute atomic E-state index is 12.1. The van der Waals surface area contributed by atoms with Gasteiger partial charge in [-0.25, -0.2) is 0 Å². The first-order chi connectivity index (χ1) is 10.2. The van der Waals surface area contributed by atoms with E-state index in [0.717, 1.165) is 6.29 Å². The van der Waals surface area contributed by atoms with Gasteiger partial charge in [0.25, 0.3) is 0 Å². The summed E-state index contributed by atoms with van der Waals surface area (Å²) in [5.74, 6) is -1.06. The molecule has 0 fully saturated rings. The van der Waals surface area contributed by atoms with Gasteiger partial charge in [-0.2, -0.15) is 0 Å². The SMILES string of the molecule is O=Cc1cccc(Nc2cccc3c2C(=O)C(=O)C=C3)c1. The first-order valence-corrected chi connectivity index (χ1v) is 6.41. The molecule has 0 bridgehead atoms. The van der Waals surface area contributed by atoms with Gasteiger partial charge in [-0.15, -0.1) is 0 Å². The van der Waals surface area contributed by atoms with Crippen LogP contribution in [-0.4, -0.2) is 17.9 Å². The number of nitrogens with one attached hydrogen (secondary N) is 1. The summed E-state index contributed by atoms with van der Waals surface area (Å²) >= 11 is 0. The molecule has 0 radical (unpaired) electrons. The zero-order chi connectivity index (χ0) is 14.8. The van der Waals surface area contributed by atoms with Gasteiger partial charge < -0.3 is 5.32 Å². The van der Waals surface area contributed by atoms with Crippen molar-refractivity contribution in [1.82, 2.24) is 0 Å². The fraction of sp³-hybridized carbons (Fsp3) is 0. The van der Waals surface area contributed by atoms with Gasteiger partial charge >= 0.3 is 0 Å². The van der Waals surface area contributed by atoms with Crippen LogP contribution >= 0.6 is 0 Å². The molecule has 2 aromatic carbocycles. The minimum absolute atomic E-state index is 0.363. The van der Waals surface area contributed by atoms with Crippen molar-refractivity contribution in [3.63, 3.8) is 0 Å². The number of carbonyl (C=O) groups excluding carboxylic acids is 3. The molecule has 0 saturated carbocycles. The Morgan fingerprint density at radius 2 is 1.76 bits per heavy atom. The van der Waals surface area contributed by atoms with Crippen LogP contribution in [0.1, 0.15) is 26.3 Å². The lowest BCUT2D eigenvalue weighted by Crippen LogP contribution is -2.17. The maximum atomic E-state index is 12.1. The third kappa shape index (κ3) is 2.39. The third-order valence-corrected chi connectivity index (χ3v) is 3.26. The lowest BCUT2D eigenvalue weighted by Gasteiger charge is -2.15. The Labute approximate surface area is 121 Å². The van der Waals surface area contributed by atoms with Crippen LogP contribution in [0.25, 0.3) is 6.08 Å². The molecule has 102 valence electrons. The van der Waals surface area contributed by atoms with Crippen molar-refractivity contribution in [2.24, 2.45) is 0 Å². The van der Waals surface area contributed by atoms with E-state index in [1.54, 1.807) is 48.5 Å². The minimum atomic E-state index is -0.529. The maximum Gasteiger partial charge on any atom is 0.235 e. The molecule has 4 nitrogen and oxygen atoms in total. The number of hydrogen-bond acceptors (Lipinski definition) is 4. The summed E-state index contributed by atoms with van der Waals surface area (Å²) in [6, 6.07) is 12.2. The molecule has 1 aliphatic carbocycles. The van der Waals surface area contributed by atoms with Gasteiger partial charge in [-0.1, -0.05) is 30.3 Å². The fourth-order valence-corrected chi connectivity index (χ4v) is 2.28. The molecular weight excluding hydrogens is 266 g/mol. The van der Waals surface area contributed by atoms with Gasteiger partial charge in [0.1, 0.15) is 6.29 Å². The van der Waals surface area contributed by atoms with Gasteiger partial charge in [0.05, 0.1) is 11.3 Å². The van der Waals surface area contributed by atoms with Crippen LogP contribution in [0.5, 0.6) is 0 Å². The van der Waals surface area contributed by atoms with E-state index < -0.39 is 11.6 Å². The molecule has 0 unspecified atom stereocenters. The number of fused-ring (bicyclic) bond motifs is 1. The van der Waals surface area contributed by atoms with Gasteiger partial charge in [0, 0.05) is 11.3 Å². The predicted molar refractivity (Wildman–Crippen MR) is 79.9 cm³/mol. The Morgan fingerprint density at radius 3 is 2.57 bits per heavy atom. The van der Waals surface area contributed by atoms with Gasteiger partial charge in [0.2, 0.25) is 11.6 Å². The normalized spacial score (nSPS) is 13.0. The topological polar surface area (TPSA) is 63.2 Å². The number of benzene rings is 2. The van der Waals surface area contributed by atoms with Crippen molar-refractivity contribution in [1.29, 1.82) is 0 Å². The number of hydrogen-bond donors (Lipinski definition) is 1. The standard InChI is InChI=1S/C17H11NO3/c19-10-11-3-1-5-13(9-11)18-14-6-2-4-12-7-8-15(20)17(21)16(12)14/h1-10,18H. The molecule has 1 N–H and O–H groups in total. The molecular formula is C17H11NO3. The summed E-state index contributed by atoms with van der Waals surface area (Å²) in [6.45, 7) is 0. The van der Waals surface area contributed by atoms with E-state index >= 15 is 0 Å². The Hall–Kier alpha value is -3.01. The van der Waals surface area contributed by atoms with Crippen molar-refractivity contribution in [3.8, 4) is 0 Å². The first-order valence-electron chi connectivity index (χ1n) is 6.41. The van der Waals surface area contributed by atoms with Gasteiger partial charge in [0.15, 0.2) is 0 Å². The highest BCUT2D eigenvalue weighted by Gasteiger charge is 2.23. The first kappa shape index (κ1) is 13.0. The molecule has 21 heavy (non-hydrogen) atoms. The van der Waals surface area contributed by atoms with E-state index in [1.807, 2.05) is 0 Å². The van der Waals surface area contributed by atoms with E-state index in [1.165, 1.54) is 6.08 Å². The molecule has 2 aromatic rings. The number of anilines is 2. The average molecular weight is 277 g/mol. The second-order valence-electron chi connectivity index (χ2n) is 4.66. The molecule has 1 aliphatic rings. The van der Waals surface area contributed by atoms with Crippen LogP contribution < -0.4 is 5.32 Å². The fourth-order valence-electron chi connectivity index (χ4n) is 2.28. The molecule has 0 aromatic heterocycles. The molecule has 0 atom stereocenters. The van der Waals surface area contributed by atoms with Crippen LogP contribution in [0.4, 0.5) is 11.4 Å². The molecule has 0 amide bonds. The summed E-state index contributed by atoms with van der Waals surface area (Å²) < 4.78 is 0. The van der Waals surface area contributed by atoms with Gasteiger partial charge in [-0.3, -0.25) is 14.4 Å². The third-order valence-electron chi connectivity index (χ3n) is 3.26. The van der Waals surface area contributed by atoms with E-state index in [0.29, 0.717) is 28.1 Å². The van der Waals surface area contributed by atoms with E-state index in [4.69, 9.17) is 0 Å². The van der Waals surface area contributed by atoms with Crippen LogP contribution in [0.3, 0.4) is 0 Å². The van der Waals surface area contributed by atoms with E-state index in [9.17, 15) is 14.4 Å². The number of carbonyl (C=O) groups is 3. The Balaban J connectivity index is 2.04. The Bertz CT molecular complexity index is 790. The van der Waals surface area contributed by atoms with Crippen molar-refractivity contribution in [2.75, 3.05) is 5.32 Å². The summed E-state index contributed by atoms with van der Waals surface area (Å²) in [4.78, 5) is 34.4. The zero-order valence-corrected chi connectivity index (χ0v) is 11.0. The predicted octanol–water partition coefficient (Wildman–Crippen LogP) is 3.02. The van der Waals surface area contributed by atoms with Crippen LogP contribution in [0.2, 0.25) is 0 Å². The van der Waals surface area contributed by atoms with Crippen molar-refractivity contribution >= 4 is 35.3 Å². The van der Waals surface area contributed by atoms with Crippen molar-refractivity contribution in [2.45, 2.75) is 0 Å². The van der Waals surface area contributed by atoms with Gasteiger partial charge in [-0.05, 0) is 29.8 Å². The highest BCUT2D eigenvalue weighted by atomic mass is 16.2. The summed E-state index contributed by atoms with van der Waals surface area (Å²) in [5, 5.41) is 3.09. The van der Waals surface area contributed by atoms with Crippen LogP contribution in [0.15, 0.2) is 48.5 Å². The minimum Gasteiger partial charge on any atom is -0.355 e. The molecule has 0 saturated heterocycles. The van der Waals surface area contributed by atoms with Crippen molar-refractivity contribution < 1.29 is 14.4 Å². The van der Waals surface area contributed by atoms with Crippen LogP contribution in [-0.2, 0) is 4.79 Å². The largest absolute Gasteiger partial charge is 0.355 e. The van der Waals surface area contributed by atoms with Crippen LogP contribution in [0, 0.1) is 0 Å². The summed E-state index contributed by atoms with van der Waals surface area (Å²) in [5.41, 5.74) is 2.84. The smallest absolute Gasteiger partial charge is 0.235 e. The second kappa shape index (κ2) is 5.17. The highest BCUT2D eigenvalue weighted by Crippen LogP contribution is 2.28. The second-order valence-corrected chi connectivity index (χ2v) is 4.66. The summed E-state index contributed by atoms with van der Waals surface area (Å²) in [7, 11) is 0. The summed E-state index contributed by atoms with van der Waals surface area (Å²) in [6.07, 6.45) is 3.66. The zero-order valence-electron chi connectivity index (χ0n) is 11.0. The molecule has 3 rings (SSSR count). The lowest BCUT2D eigenvalue weighted by atomic mass is 9.93. The molecule has 0 heterocycles. The Kier molecular flexibility index (Phi) is 3.20. The number of rotatable bonds is 3. The average Bonchev–Trinajstić information content (AvgIpc) is 2.51. The number of allylic oxidation sites excluding steroid dienone is 1. The number of aldehydes is 1. The lowest BCUT2D eigenvalue weighted by molar-refractivity contribution is -0.110. The Morgan fingerprint density at radius 1 is 0.952 bits per heavy atom. The quantitative estimate of drug-likeness (QED) is 0.692.